The topological polar surface area (TPSA) is 57.4 Å². The Morgan fingerprint density at radius 3 is 2.61 bits per heavy atom. The van der Waals surface area contributed by atoms with Crippen molar-refractivity contribution < 1.29 is 9.47 Å². The number of rotatable bonds is 5. The minimum absolute atomic E-state index is 0.464. The number of hydrogen-bond acceptors (Lipinski definition) is 4. The summed E-state index contributed by atoms with van der Waals surface area (Å²) in [6.07, 6.45) is 2.54. The number of benzene rings is 1. The Bertz CT molecular complexity index is 497. The van der Waals surface area contributed by atoms with E-state index in [9.17, 15) is 0 Å². The van der Waals surface area contributed by atoms with Crippen LogP contribution in [0.25, 0.3) is 0 Å². The highest BCUT2D eigenvalue weighted by atomic mass is 16.5. The highest BCUT2D eigenvalue weighted by molar-refractivity contribution is 5.37. The third kappa shape index (κ3) is 2.99. The number of hydrogen-bond donors (Lipinski definition) is 1. The van der Waals surface area contributed by atoms with Crippen LogP contribution in [-0.4, -0.2) is 18.6 Å². The molecule has 2 aromatic rings. The molecule has 1 aromatic carbocycles. The lowest BCUT2D eigenvalue weighted by molar-refractivity contribution is 0.369. The molecule has 0 atom stereocenters. The molecule has 18 heavy (non-hydrogen) atoms. The van der Waals surface area contributed by atoms with E-state index in [0.29, 0.717) is 18.2 Å². The molecule has 0 spiro atoms. The van der Waals surface area contributed by atoms with E-state index in [0.717, 1.165) is 12.2 Å². The van der Waals surface area contributed by atoms with Crippen LogP contribution >= 0.6 is 0 Å². The molecule has 0 saturated carbocycles. The van der Waals surface area contributed by atoms with E-state index in [-0.39, 0.29) is 0 Å². The van der Waals surface area contributed by atoms with Crippen LogP contribution in [0.1, 0.15) is 5.56 Å². The fourth-order valence-electron chi connectivity index (χ4n) is 1.61. The third-order valence-electron chi connectivity index (χ3n) is 2.53. The van der Waals surface area contributed by atoms with Crippen molar-refractivity contribution in [2.45, 2.75) is 6.42 Å². The van der Waals surface area contributed by atoms with Crippen LogP contribution in [0.15, 0.2) is 42.6 Å². The lowest BCUT2D eigenvalue weighted by Crippen LogP contribution is -2.02. The van der Waals surface area contributed by atoms with Gasteiger partial charge in [0.2, 0.25) is 0 Å². The molecule has 1 aromatic heterocycles. The zero-order valence-corrected chi connectivity index (χ0v) is 10.3. The average molecular weight is 244 g/mol. The second-order valence-electron chi connectivity index (χ2n) is 3.80. The average Bonchev–Trinajstić information content (AvgIpc) is 2.42. The lowest BCUT2D eigenvalue weighted by atomic mass is 10.1. The normalized spacial score (nSPS) is 10.1. The first-order valence-electron chi connectivity index (χ1n) is 5.79. The van der Waals surface area contributed by atoms with Gasteiger partial charge < -0.3 is 15.2 Å². The third-order valence-corrected chi connectivity index (χ3v) is 2.53. The van der Waals surface area contributed by atoms with Gasteiger partial charge in [0.15, 0.2) is 5.75 Å². The van der Waals surface area contributed by atoms with Gasteiger partial charge in [-0.1, -0.05) is 12.1 Å². The minimum atomic E-state index is 0.464. The summed E-state index contributed by atoms with van der Waals surface area (Å²) in [5.41, 5.74) is 6.69. The van der Waals surface area contributed by atoms with Gasteiger partial charge in [-0.2, -0.15) is 0 Å². The molecule has 0 radical (unpaired) electrons. The van der Waals surface area contributed by atoms with Gasteiger partial charge in [-0.3, -0.25) is 0 Å². The molecule has 2 rings (SSSR count). The number of methoxy groups -OCH3 is 1. The maximum atomic E-state index is 5.67. The first kappa shape index (κ1) is 12.4. The summed E-state index contributed by atoms with van der Waals surface area (Å²) < 4.78 is 10.8. The van der Waals surface area contributed by atoms with Crippen LogP contribution in [-0.2, 0) is 6.42 Å². The molecule has 94 valence electrons. The van der Waals surface area contributed by atoms with Gasteiger partial charge in [0.25, 0.3) is 5.88 Å². The molecule has 0 aliphatic carbocycles. The summed E-state index contributed by atoms with van der Waals surface area (Å²) in [4.78, 5) is 4.14. The predicted octanol–water partition coefficient (Wildman–Crippen LogP) is 2.38. The fraction of sp³-hybridized carbons (Fsp3) is 0.214. The summed E-state index contributed by atoms with van der Waals surface area (Å²) in [7, 11) is 1.59. The molecule has 4 heteroatoms. The second-order valence-corrected chi connectivity index (χ2v) is 3.80. The van der Waals surface area contributed by atoms with Crippen LogP contribution in [0.5, 0.6) is 17.4 Å². The van der Waals surface area contributed by atoms with Crippen molar-refractivity contribution in [1.82, 2.24) is 4.98 Å². The zero-order valence-electron chi connectivity index (χ0n) is 10.3. The number of pyridine rings is 1. The molecule has 0 amide bonds. The predicted molar refractivity (Wildman–Crippen MR) is 70.1 cm³/mol. The molecule has 4 nitrogen and oxygen atoms in total. The minimum Gasteiger partial charge on any atom is -0.491 e. The van der Waals surface area contributed by atoms with Crippen molar-refractivity contribution in [3.8, 4) is 17.4 Å². The lowest BCUT2D eigenvalue weighted by Gasteiger charge is -2.08. The number of nitrogens with two attached hydrogens (primary N) is 1. The Labute approximate surface area is 106 Å². The van der Waals surface area contributed by atoms with E-state index in [4.69, 9.17) is 15.2 Å². The Morgan fingerprint density at radius 1 is 1.17 bits per heavy atom. The van der Waals surface area contributed by atoms with Crippen molar-refractivity contribution in [1.29, 1.82) is 0 Å². The van der Waals surface area contributed by atoms with Crippen LogP contribution in [0.2, 0.25) is 0 Å². The van der Waals surface area contributed by atoms with Gasteiger partial charge >= 0.3 is 0 Å². The van der Waals surface area contributed by atoms with Crippen molar-refractivity contribution in [3.05, 3.63) is 48.2 Å². The molecule has 0 fully saturated rings. The van der Waals surface area contributed by atoms with E-state index >= 15 is 0 Å². The first-order valence-corrected chi connectivity index (χ1v) is 5.79. The van der Waals surface area contributed by atoms with Gasteiger partial charge in [0.1, 0.15) is 5.75 Å². The van der Waals surface area contributed by atoms with Crippen molar-refractivity contribution in [3.63, 3.8) is 0 Å². The van der Waals surface area contributed by atoms with E-state index in [2.05, 4.69) is 4.98 Å². The Hall–Kier alpha value is -2.07. The summed E-state index contributed by atoms with van der Waals surface area (Å²) in [5.74, 6) is 1.81. The number of nitrogens with zero attached hydrogens (tertiary/aromatic N) is 1. The maximum Gasteiger partial charge on any atom is 0.262 e. The summed E-state index contributed by atoms with van der Waals surface area (Å²) >= 11 is 0. The van der Waals surface area contributed by atoms with Crippen molar-refractivity contribution >= 4 is 0 Å². The summed E-state index contributed by atoms with van der Waals surface area (Å²) in [6.45, 7) is 0.647. The molecule has 2 N–H and O–H groups in total. The molecule has 0 bridgehead atoms. The van der Waals surface area contributed by atoms with E-state index in [1.54, 1.807) is 19.4 Å². The molecular formula is C14H16N2O2. The van der Waals surface area contributed by atoms with Crippen LogP contribution in [0, 0.1) is 0 Å². The second kappa shape index (κ2) is 6.02. The largest absolute Gasteiger partial charge is 0.491 e. The fourth-order valence-corrected chi connectivity index (χ4v) is 1.61. The highest BCUT2D eigenvalue weighted by Gasteiger charge is 2.05. The van der Waals surface area contributed by atoms with Gasteiger partial charge in [0.05, 0.1) is 7.11 Å². The molecule has 0 unspecified atom stereocenters. The molecule has 1 heterocycles. The monoisotopic (exact) mass is 244 g/mol. The smallest absolute Gasteiger partial charge is 0.262 e. The SMILES string of the molecule is COc1cccnc1Oc1ccc(CCN)cc1. The van der Waals surface area contributed by atoms with Gasteiger partial charge in [-0.25, -0.2) is 4.98 Å². The maximum absolute atomic E-state index is 5.67. The quantitative estimate of drug-likeness (QED) is 0.877. The first-order chi connectivity index (χ1) is 8.83. The molecular weight excluding hydrogens is 228 g/mol. The van der Waals surface area contributed by atoms with Crippen LogP contribution in [0.4, 0.5) is 0 Å². The van der Waals surface area contributed by atoms with Crippen LogP contribution < -0.4 is 15.2 Å². The van der Waals surface area contributed by atoms with E-state index < -0.39 is 0 Å². The molecule has 0 saturated heterocycles. The zero-order chi connectivity index (χ0) is 12.8. The van der Waals surface area contributed by atoms with Crippen molar-refractivity contribution in [2.24, 2.45) is 5.73 Å². The number of ether oxygens (including phenoxy) is 2. The Balaban J connectivity index is 2.13. The number of aromatic nitrogens is 1. The van der Waals surface area contributed by atoms with E-state index in [1.165, 1.54) is 5.56 Å². The standard InChI is InChI=1S/C14H16N2O2/c1-17-13-3-2-10-16-14(13)18-12-6-4-11(5-7-12)8-9-15/h2-7,10H,8-9,15H2,1H3. The summed E-state index contributed by atoms with van der Waals surface area (Å²) in [6, 6.07) is 11.4. The van der Waals surface area contributed by atoms with Crippen molar-refractivity contribution in [2.75, 3.05) is 13.7 Å². The van der Waals surface area contributed by atoms with Gasteiger partial charge in [-0.15, -0.1) is 0 Å². The van der Waals surface area contributed by atoms with Gasteiger partial charge in [-0.05, 0) is 42.8 Å². The molecule has 0 aliphatic rings. The Kier molecular flexibility index (Phi) is 4.15. The van der Waals surface area contributed by atoms with Crippen LogP contribution in [0.3, 0.4) is 0 Å². The van der Waals surface area contributed by atoms with Gasteiger partial charge in [0, 0.05) is 6.20 Å². The van der Waals surface area contributed by atoms with E-state index in [1.807, 2.05) is 30.3 Å². The molecule has 0 aliphatic heterocycles. The highest BCUT2D eigenvalue weighted by Crippen LogP contribution is 2.28. The summed E-state index contributed by atoms with van der Waals surface area (Å²) in [5, 5.41) is 0. The Morgan fingerprint density at radius 2 is 1.94 bits per heavy atom.